The van der Waals surface area contributed by atoms with Gasteiger partial charge in [-0.1, -0.05) is 0 Å². The summed E-state index contributed by atoms with van der Waals surface area (Å²) in [6.45, 7) is 2.44. The number of alkyl halides is 3. The van der Waals surface area contributed by atoms with E-state index in [4.69, 9.17) is 9.47 Å². The number of aromatic nitrogens is 5. The summed E-state index contributed by atoms with van der Waals surface area (Å²) in [4.78, 5) is 21.8. The topological polar surface area (TPSA) is 132 Å². The van der Waals surface area contributed by atoms with Crippen molar-refractivity contribution >= 4 is 27.3 Å². The molecule has 0 aromatic carbocycles. The highest BCUT2D eigenvalue weighted by molar-refractivity contribution is 7.90. The van der Waals surface area contributed by atoms with Gasteiger partial charge in [-0.2, -0.15) is 18.2 Å². The summed E-state index contributed by atoms with van der Waals surface area (Å²) in [5.41, 5.74) is -0.0296. The number of hydrogen-bond acceptors (Lipinski definition) is 11. The largest absolute Gasteiger partial charge is 0.489 e. The minimum Gasteiger partial charge on any atom is -0.489 e. The summed E-state index contributed by atoms with van der Waals surface area (Å²) in [6, 6.07) is 3.80. The van der Waals surface area contributed by atoms with Gasteiger partial charge in [0, 0.05) is 38.4 Å². The first-order valence-corrected chi connectivity index (χ1v) is 13.0. The van der Waals surface area contributed by atoms with E-state index in [-0.39, 0.29) is 28.7 Å². The average molecular weight is 540 g/mol. The second-order valence-electron chi connectivity index (χ2n) is 8.28. The number of pyridine rings is 1. The monoisotopic (exact) mass is 539 g/mol. The van der Waals surface area contributed by atoms with Crippen LogP contribution in [0, 0.1) is 6.92 Å². The van der Waals surface area contributed by atoms with E-state index >= 15 is 0 Å². The number of anilines is 3. The van der Waals surface area contributed by atoms with Crippen molar-refractivity contribution in [2.45, 2.75) is 37.1 Å². The van der Waals surface area contributed by atoms with Crippen LogP contribution in [0.1, 0.15) is 24.2 Å². The average Bonchev–Trinajstić information content (AvgIpc) is 2.85. The highest BCUT2D eigenvalue weighted by atomic mass is 32.2. The summed E-state index contributed by atoms with van der Waals surface area (Å²) in [5.74, 6) is 0.731. The molecule has 37 heavy (non-hydrogen) atoms. The van der Waals surface area contributed by atoms with Crippen LogP contribution >= 0.6 is 0 Å². The van der Waals surface area contributed by atoms with Gasteiger partial charge < -0.3 is 19.7 Å². The number of sulfone groups is 1. The molecule has 1 aliphatic heterocycles. The van der Waals surface area contributed by atoms with E-state index in [1.54, 1.807) is 17.9 Å². The molecule has 0 saturated carbocycles. The standard InChI is InChI=1S/C22H24F3N7O4S/c1-13-15(4-5-17(29-13)37(3,33)34)30-19-18(35-2)20(28-12-27-19)36-14-7-10-32(11-8-14)21-26-9-6-16(31-21)22(23,24)25/h4-6,9,12,14H,7-8,10-11H2,1-3H3,(H,27,28,30). The minimum atomic E-state index is -4.54. The third-order valence-electron chi connectivity index (χ3n) is 5.60. The third-order valence-corrected chi connectivity index (χ3v) is 6.59. The Balaban J connectivity index is 1.45. The van der Waals surface area contributed by atoms with Crippen LogP contribution < -0.4 is 19.7 Å². The number of piperidine rings is 1. The molecule has 1 aliphatic rings. The molecule has 198 valence electrons. The fraction of sp³-hybridized carbons (Fsp3) is 0.409. The van der Waals surface area contributed by atoms with Crippen molar-refractivity contribution in [3.8, 4) is 11.6 Å². The first kappa shape index (κ1) is 26.3. The number of aryl methyl sites for hydroxylation is 1. The highest BCUT2D eigenvalue weighted by Crippen LogP contribution is 2.35. The summed E-state index contributed by atoms with van der Waals surface area (Å²) in [5, 5.41) is 3.02. The minimum absolute atomic E-state index is 0.0187. The molecule has 0 spiro atoms. The van der Waals surface area contributed by atoms with Crippen molar-refractivity contribution in [2.24, 2.45) is 0 Å². The molecule has 0 bridgehead atoms. The number of rotatable bonds is 7. The molecule has 1 fully saturated rings. The van der Waals surface area contributed by atoms with E-state index in [9.17, 15) is 21.6 Å². The first-order valence-electron chi connectivity index (χ1n) is 11.1. The summed E-state index contributed by atoms with van der Waals surface area (Å²) < 4.78 is 74.0. The van der Waals surface area contributed by atoms with Gasteiger partial charge in [0.05, 0.1) is 18.5 Å². The van der Waals surface area contributed by atoms with Gasteiger partial charge in [0.1, 0.15) is 18.1 Å². The number of methoxy groups -OCH3 is 1. The van der Waals surface area contributed by atoms with Crippen molar-refractivity contribution in [2.75, 3.05) is 36.7 Å². The fourth-order valence-electron chi connectivity index (χ4n) is 3.71. The normalized spacial score (nSPS) is 14.9. The molecule has 4 heterocycles. The van der Waals surface area contributed by atoms with Crippen LogP contribution in [0.5, 0.6) is 11.6 Å². The smallest absolute Gasteiger partial charge is 0.433 e. The molecule has 3 aromatic rings. The van der Waals surface area contributed by atoms with Crippen molar-refractivity contribution < 1.29 is 31.1 Å². The lowest BCUT2D eigenvalue weighted by Crippen LogP contribution is -2.39. The molecule has 1 saturated heterocycles. The first-order chi connectivity index (χ1) is 17.5. The van der Waals surface area contributed by atoms with Gasteiger partial charge >= 0.3 is 6.18 Å². The number of hydrogen-bond donors (Lipinski definition) is 1. The Kier molecular flexibility index (Phi) is 7.34. The molecule has 0 unspecified atom stereocenters. The van der Waals surface area contributed by atoms with Crippen molar-refractivity contribution in [3.05, 3.63) is 42.1 Å². The lowest BCUT2D eigenvalue weighted by Gasteiger charge is -2.32. The van der Waals surface area contributed by atoms with E-state index < -0.39 is 21.7 Å². The van der Waals surface area contributed by atoms with Crippen LogP contribution in [-0.4, -0.2) is 65.9 Å². The Bertz CT molecular complexity index is 1380. The van der Waals surface area contributed by atoms with Crippen LogP contribution in [-0.2, 0) is 16.0 Å². The number of nitrogens with zero attached hydrogens (tertiary/aromatic N) is 6. The van der Waals surface area contributed by atoms with Gasteiger partial charge in [-0.15, -0.1) is 0 Å². The molecular weight excluding hydrogens is 515 g/mol. The summed E-state index contributed by atoms with van der Waals surface area (Å²) >= 11 is 0. The van der Waals surface area contributed by atoms with Gasteiger partial charge in [-0.25, -0.2) is 28.4 Å². The maximum atomic E-state index is 13.0. The fourth-order valence-corrected chi connectivity index (χ4v) is 4.33. The molecule has 0 atom stereocenters. The van der Waals surface area contributed by atoms with Gasteiger partial charge in [0.2, 0.25) is 11.7 Å². The second kappa shape index (κ2) is 10.3. The number of halogens is 3. The Morgan fingerprint density at radius 2 is 1.81 bits per heavy atom. The van der Waals surface area contributed by atoms with Crippen LogP contribution in [0.4, 0.5) is 30.6 Å². The van der Waals surface area contributed by atoms with Crippen LogP contribution in [0.3, 0.4) is 0 Å². The SMILES string of the molecule is COc1c(Nc2ccc(S(C)(=O)=O)nc2C)ncnc1OC1CCN(c2nccc(C(F)(F)F)n2)CC1. The predicted molar refractivity (Wildman–Crippen MR) is 127 cm³/mol. The molecule has 11 nitrogen and oxygen atoms in total. The molecule has 1 N–H and O–H groups in total. The van der Waals surface area contributed by atoms with Crippen LogP contribution in [0.25, 0.3) is 0 Å². The maximum absolute atomic E-state index is 13.0. The summed E-state index contributed by atoms with van der Waals surface area (Å²) in [6.07, 6.45) is -0.373. The zero-order valence-electron chi connectivity index (χ0n) is 20.2. The van der Waals surface area contributed by atoms with Crippen LogP contribution in [0.2, 0.25) is 0 Å². The lowest BCUT2D eigenvalue weighted by molar-refractivity contribution is -0.141. The van der Waals surface area contributed by atoms with E-state index in [1.807, 2.05) is 0 Å². The predicted octanol–water partition coefficient (Wildman–Crippen LogP) is 3.19. The van der Waals surface area contributed by atoms with Gasteiger partial charge in [0.15, 0.2) is 20.7 Å². The van der Waals surface area contributed by atoms with Crippen molar-refractivity contribution in [1.82, 2.24) is 24.9 Å². The zero-order valence-corrected chi connectivity index (χ0v) is 21.0. The molecule has 15 heteroatoms. The molecule has 4 rings (SSSR count). The lowest BCUT2D eigenvalue weighted by atomic mass is 10.1. The number of ether oxygens (including phenoxy) is 2. The quantitative estimate of drug-likeness (QED) is 0.475. The van der Waals surface area contributed by atoms with Crippen LogP contribution in [0.15, 0.2) is 35.7 Å². The second-order valence-corrected chi connectivity index (χ2v) is 10.2. The van der Waals surface area contributed by atoms with E-state index in [2.05, 4.69) is 30.2 Å². The maximum Gasteiger partial charge on any atom is 0.433 e. The Morgan fingerprint density at radius 3 is 2.43 bits per heavy atom. The molecule has 0 amide bonds. The van der Waals surface area contributed by atoms with E-state index in [1.165, 1.54) is 19.5 Å². The highest BCUT2D eigenvalue weighted by Gasteiger charge is 2.34. The van der Waals surface area contributed by atoms with Gasteiger partial charge in [0.25, 0.3) is 5.88 Å². The molecule has 0 radical (unpaired) electrons. The Morgan fingerprint density at radius 1 is 1.08 bits per heavy atom. The van der Waals surface area contributed by atoms with E-state index in [0.29, 0.717) is 43.1 Å². The molecule has 0 aliphatic carbocycles. The number of nitrogens with one attached hydrogen (secondary N) is 1. The van der Waals surface area contributed by atoms with E-state index in [0.717, 1.165) is 18.5 Å². The summed E-state index contributed by atoms with van der Waals surface area (Å²) in [7, 11) is -2.02. The van der Waals surface area contributed by atoms with Crippen molar-refractivity contribution in [1.29, 1.82) is 0 Å². The third kappa shape index (κ3) is 6.15. The van der Waals surface area contributed by atoms with Crippen molar-refractivity contribution in [3.63, 3.8) is 0 Å². The van der Waals surface area contributed by atoms with Gasteiger partial charge in [-0.05, 0) is 25.1 Å². The zero-order chi connectivity index (χ0) is 26.8. The Labute approximate surface area is 211 Å². The Hall–Kier alpha value is -3.75. The van der Waals surface area contributed by atoms with Gasteiger partial charge in [-0.3, -0.25) is 0 Å². The molecular formula is C22H24F3N7O4S. The molecule has 3 aromatic heterocycles.